The number of nitrogens with zero attached hydrogens (tertiary/aromatic N) is 3. The monoisotopic (exact) mass is 370 g/mol. The van der Waals surface area contributed by atoms with Gasteiger partial charge < -0.3 is 9.88 Å². The van der Waals surface area contributed by atoms with E-state index in [1.54, 1.807) is 0 Å². The van der Waals surface area contributed by atoms with Gasteiger partial charge in [-0.15, -0.1) is 0 Å². The van der Waals surface area contributed by atoms with Crippen molar-refractivity contribution in [2.45, 2.75) is 13.5 Å². The molecule has 5 rings (SSSR count). The second-order valence-electron chi connectivity index (χ2n) is 7.98. The average Bonchev–Trinajstić information content (AvgIpc) is 3.09. The molecule has 4 aromatic rings. The number of piperazine rings is 1. The summed E-state index contributed by atoms with van der Waals surface area (Å²) in [4.78, 5) is 12.9. The van der Waals surface area contributed by atoms with Crippen molar-refractivity contribution in [3.63, 3.8) is 0 Å². The minimum atomic E-state index is 1.03. The van der Waals surface area contributed by atoms with Gasteiger partial charge in [0.1, 0.15) is 0 Å². The number of rotatable bonds is 3. The maximum Gasteiger partial charge on any atom is 0.0681 e. The standard InChI is InChI=1S/C24H26N4/c1-17-24-21(8-9-25-17)22-15-20(6-7-23(22)26-24)19-5-3-4-18(14-19)16-28-12-10-27(2)11-13-28/h3-9,14-15,26H,10-13,16H2,1-2H3. The zero-order chi connectivity index (χ0) is 19.1. The van der Waals surface area contributed by atoms with E-state index >= 15 is 0 Å². The van der Waals surface area contributed by atoms with E-state index in [4.69, 9.17) is 0 Å². The number of likely N-dealkylation sites (N-methyl/N-ethyl adjacent to an activating group) is 1. The lowest BCUT2D eigenvalue weighted by Gasteiger charge is -2.32. The Morgan fingerprint density at radius 3 is 2.61 bits per heavy atom. The van der Waals surface area contributed by atoms with Crippen LogP contribution < -0.4 is 0 Å². The quantitative estimate of drug-likeness (QED) is 0.579. The van der Waals surface area contributed by atoms with Crippen molar-refractivity contribution in [1.29, 1.82) is 0 Å². The van der Waals surface area contributed by atoms with E-state index in [2.05, 4.69) is 82.3 Å². The molecular formula is C24H26N4. The molecule has 4 nitrogen and oxygen atoms in total. The summed E-state index contributed by atoms with van der Waals surface area (Å²) in [5.41, 5.74) is 7.30. The molecule has 1 saturated heterocycles. The summed E-state index contributed by atoms with van der Waals surface area (Å²) in [6, 6.07) is 17.8. The summed E-state index contributed by atoms with van der Waals surface area (Å²) in [7, 11) is 2.20. The zero-order valence-electron chi connectivity index (χ0n) is 16.6. The lowest BCUT2D eigenvalue weighted by molar-refractivity contribution is 0.148. The highest BCUT2D eigenvalue weighted by atomic mass is 15.2. The molecule has 0 saturated carbocycles. The van der Waals surface area contributed by atoms with Crippen LogP contribution in [0.25, 0.3) is 32.9 Å². The fraction of sp³-hybridized carbons (Fsp3) is 0.292. The van der Waals surface area contributed by atoms with Crippen molar-refractivity contribution in [2.75, 3.05) is 33.2 Å². The maximum atomic E-state index is 4.42. The van der Waals surface area contributed by atoms with Crippen molar-refractivity contribution in [3.05, 3.63) is 66.0 Å². The van der Waals surface area contributed by atoms with Crippen LogP contribution in [0.1, 0.15) is 11.3 Å². The summed E-state index contributed by atoms with van der Waals surface area (Å²) in [5, 5.41) is 2.51. The Balaban J connectivity index is 1.48. The molecule has 0 radical (unpaired) electrons. The number of H-pyrrole nitrogens is 1. The van der Waals surface area contributed by atoms with Crippen molar-refractivity contribution in [2.24, 2.45) is 0 Å². The highest BCUT2D eigenvalue weighted by Gasteiger charge is 2.14. The van der Waals surface area contributed by atoms with Gasteiger partial charge in [-0.2, -0.15) is 0 Å². The normalized spacial score (nSPS) is 16.2. The number of benzene rings is 2. The van der Waals surface area contributed by atoms with Crippen LogP contribution in [0.3, 0.4) is 0 Å². The SMILES string of the molecule is Cc1nccc2c1[nH]c1ccc(-c3cccc(CN4CCN(C)CC4)c3)cc12. The van der Waals surface area contributed by atoms with Gasteiger partial charge in [-0.3, -0.25) is 9.88 Å². The van der Waals surface area contributed by atoms with Gasteiger partial charge in [0.15, 0.2) is 0 Å². The molecule has 0 amide bonds. The predicted molar refractivity (Wildman–Crippen MR) is 117 cm³/mol. The molecule has 0 aliphatic carbocycles. The molecule has 0 bridgehead atoms. The van der Waals surface area contributed by atoms with Crippen LogP contribution >= 0.6 is 0 Å². The minimum Gasteiger partial charge on any atom is -0.353 e. The number of hydrogen-bond donors (Lipinski definition) is 1. The smallest absolute Gasteiger partial charge is 0.0681 e. The fourth-order valence-corrected chi connectivity index (χ4v) is 4.25. The number of aryl methyl sites for hydroxylation is 1. The van der Waals surface area contributed by atoms with Crippen LogP contribution in [0.5, 0.6) is 0 Å². The molecule has 2 aromatic carbocycles. The Kier molecular flexibility index (Phi) is 4.38. The highest BCUT2D eigenvalue weighted by Crippen LogP contribution is 2.31. The molecule has 28 heavy (non-hydrogen) atoms. The van der Waals surface area contributed by atoms with Crippen LogP contribution in [0, 0.1) is 6.92 Å². The molecule has 1 aliphatic rings. The van der Waals surface area contributed by atoms with Crippen molar-refractivity contribution < 1.29 is 0 Å². The van der Waals surface area contributed by atoms with E-state index in [1.165, 1.54) is 33.0 Å². The first-order valence-corrected chi connectivity index (χ1v) is 10.0. The Bertz CT molecular complexity index is 1140. The fourth-order valence-electron chi connectivity index (χ4n) is 4.25. The van der Waals surface area contributed by atoms with Gasteiger partial charge in [0.2, 0.25) is 0 Å². The van der Waals surface area contributed by atoms with E-state index in [9.17, 15) is 0 Å². The molecule has 0 spiro atoms. The first-order chi connectivity index (χ1) is 13.7. The molecular weight excluding hydrogens is 344 g/mol. The van der Waals surface area contributed by atoms with Gasteiger partial charge in [-0.05, 0) is 54.9 Å². The second kappa shape index (κ2) is 7.04. The van der Waals surface area contributed by atoms with Crippen LogP contribution in [0.15, 0.2) is 54.7 Å². The third kappa shape index (κ3) is 3.19. The molecule has 1 fully saturated rings. The molecule has 2 aromatic heterocycles. The molecule has 1 aliphatic heterocycles. The lowest BCUT2D eigenvalue weighted by Crippen LogP contribution is -2.43. The van der Waals surface area contributed by atoms with Gasteiger partial charge >= 0.3 is 0 Å². The van der Waals surface area contributed by atoms with E-state index in [-0.39, 0.29) is 0 Å². The van der Waals surface area contributed by atoms with Gasteiger partial charge in [-0.1, -0.05) is 24.3 Å². The minimum absolute atomic E-state index is 1.03. The van der Waals surface area contributed by atoms with Gasteiger partial charge in [0.05, 0.1) is 11.2 Å². The average molecular weight is 371 g/mol. The Morgan fingerprint density at radius 1 is 0.929 bits per heavy atom. The Hall–Kier alpha value is -2.69. The van der Waals surface area contributed by atoms with Crippen LogP contribution in [0.4, 0.5) is 0 Å². The number of hydrogen-bond acceptors (Lipinski definition) is 3. The molecule has 4 heteroatoms. The molecule has 0 atom stereocenters. The van der Waals surface area contributed by atoms with Crippen molar-refractivity contribution >= 4 is 21.8 Å². The van der Waals surface area contributed by atoms with E-state index in [0.717, 1.165) is 43.9 Å². The molecule has 142 valence electrons. The largest absolute Gasteiger partial charge is 0.353 e. The van der Waals surface area contributed by atoms with Crippen LogP contribution in [0.2, 0.25) is 0 Å². The number of nitrogens with one attached hydrogen (secondary N) is 1. The Morgan fingerprint density at radius 2 is 1.75 bits per heavy atom. The Labute approximate surface area is 165 Å². The maximum absolute atomic E-state index is 4.42. The van der Waals surface area contributed by atoms with Crippen LogP contribution in [-0.2, 0) is 6.54 Å². The second-order valence-corrected chi connectivity index (χ2v) is 7.98. The molecule has 0 unspecified atom stereocenters. The molecule has 1 N–H and O–H groups in total. The van der Waals surface area contributed by atoms with Crippen molar-refractivity contribution in [3.8, 4) is 11.1 Å². The van der Waals surface area contributed by atoms with Crippen LogP contribution in [-0.4, -0.2) is 53.0 Å². The summed E-state index contributed by atoms with van der Waals surface area (Å²) in [6.07, 6.45) is 1.90. The first kappa shape index (κ1) is 17.4. The summed E-state index contributed by atoms with van der Waals surface area (Å²) >= 11 is 0. The zero-order valence-corrected chi connectivity index (χ0v) is 16.6. The van der Waals surface area contributed by atoms with Gasteiger partial charge in [0.25, 0.3) is 0 Å². The lowest BCUT2D eigenvalue weighted by atomic mass is 10.0. The first-order valence-electron chi connectivity index (χ1n) is 10.0. The third-order valence-corrected chi connectivity index (χ3v) is 5.97. The topological polar surface area (TPSA) is 35.2 Å². The van der Waals surface area contributed by atoms with E-state index in [0.29, 0.717) is 0 Å². The molecule has 3 heterocycles. The van der Waals surface area contributed by atoms with Gasteiger partial charge in [0, 0.05) is 55.2 Å². The number of pyridine rings is 1. The summed E-state index contributed by atoms with van der Waals surface area (Å²) < 4.78 is 0. The number of aromatic amines is 1. The van der Waals surface area contributed by atoms with Gasteiger partial charge in [-0.25, -0.2) is 0 Å². The number of aromatic nitrogens is 2. The van der Waals surface area contributed by atoms with E-state index < -0.39 is 0 Å². The van der Waals surface area contributed by atoms with Crippen molar-refractivity contribution in [1.82, 2.24) is 19.8 Å². The van der Waals surface area contributed by atoms with E-state index in [1.807, 2.05) is 6.20 Å². The highest BCUT2D eigenvalue weighted by molar-refractivity contribution is 6.09. The third-order valence-electron chi connectivity index (χ3n) is 5.97. The summed E-state index contributed by atoms with van der Waals surface area (Å²) in [5.74, 6) is 0. The predicted octanol–water partition coefficient (Wildman–Crippen LogP) is 4.44. The summed E-state index contributed by atoms with van der Waals surface area (Å²) in [6.45, 7) is 7.70. The number of fused-ring (bicyclic) bond motifs is 3.